The summed E-state index contributed by atoms with van der Waals surface area (Å²) >= 11 is 1.39. The number of ether oxygens (including phenoxy) is 2. The average Bonchev–Trinajstić information content (AvgIpc) is 3.12. The summed E-state index contributed by atoms with van der Waals surface area (Å²) in [5.74, 6) is 1.43. The number of hydrogen-bond donors (Lipinski definition) is 0. The van der Waals surface area contributed by atoms with Gasteiger partial charge in [-0.25, -0.2) is 4.68 Å². The van der Waals surface area contributed by atoms with Gasteiger partial charge >= 0.3 is 6.18 Å². The van der Waals surface area contributed by atoms with E-state index in [9.17, 15) is 13.2 Å². The minimum absolute atomic E-state index is 0.174. The minimum Gasteiger partial charge on any atom is -0.497 e. The van der Waals surface area contributed by atoms with Gasteiger partial charge in [-0.3, -0.25) is 0 Å². The van der Waals surface area contributed by atoms with Crippen LogP contribution in [0.4, 0.5) is 13.2 Å². The van der Waals surface area contributed by atoms with Crippen molar-refractivity contribution in [2.45, 2.75) is 23.6 Å². The lowest BCUT2D eigenvalue weighted by Gasteiger charge is -2.10. The van der Waals surface area contributed by atoms with Crippen LogP contribution in [0.1, 0.15) is 11.1 Å². The lowest BCUT2D eigenvalue weighted by molar-refractivity contribution is -0.153. The van der Waals surface area contributed by atoms with E-state index in [1.54, 1.807) is 23.9 Å². The summed E-state index contributed by atoms with van der Waals surface area (Å²) in [6.45, 7) is -0.822. The van der Waals surface area contributed by atoms with Crippen molar-refractivity contribution in [2.24, 2.45) is 0 Å². The molecule has 0 saturated heterocycles. The van der Waals surface area contributed by atoms with Gasteiger partial charge in [-0.05, 0) is 45.8 Å². The average molecular weight is 410 g/mol. The number of rotatable bonds is 8. The van der Waals surface area contributed by atoms with Gasteiger partial charge < -0.3 is 9.47 Å². The molecule has 0 N–H and O–H groups in total. The van der Waals surface area contributed by atoms with Crippen molar-refractivity contribution in [2.75, 3.05) is 13.7 Å². The van der Waals surface area contributed by atoms with E-state index in [2.05, 4.69) is 15.5 Å². The highest BCUT2D eigenvalue weighted by Crippen LogP contribution is 2.24. The van der Waals surface area contributed by atoms with Crippen LogP contribution in [-0.2, 0) is 12.3 Å². The van der Waals surface area contributed by atoms with Crippen LogP contribution in [0.15, 0.2) is 53.7 Å². The second-order valence-electron chi connectivity index (χ2n) is 5.81. The molecule has 0 atom stereocenters. The maximum atomic E-state index is 12.3. The molecule has 0 bridgehead atoms. The van der Waals surface area contributed by atoms with Crippen LogP contribution < -0.4 is 9.47 Å². The van der Waals surface area contributed by atoms with E-state index in [0.29, 0.717) is 17.5 Å². The topological polar surface area (TPSA) is 62.1 Å². The summed E-state index contributed by atoms with van der Waals surface area (Å²) in [7, 11) is 1.61. The lowest BCUT2D eigenvalue weighted by Crippen LogP contribution is -2.19. The molecular formula is C18H17F3N4O2S. The Morgan fingerprint density at radius 3 is 2.54 bits per heavy atom. The van der Waals surface area contributed by atoms with Gasteiger partial charge in [0.1, 0.15) is 11.5 Å². The standard InChI is InChI=1S/C18H17F3N4O2S/c1-26-15-7-5-13(6-8-15)10-25-17(22-23-24-25)28-11-14-3-2-4-16(9-14)27-12-18(19,20)21/h2-9H,10-12H2,1H3. The Hall–Kier alpha value is -2.75. The highest BCUT2D eigenvalue weighted by atomic mass is 32.2. The fourth-order valence-electron chi connectivity index (χ4n) is 2.34. The molecular weight excluding hydrogens is 393 g/mol. The van der Waals surface area contributed by atoms with Crippen LogP contribution in [0.25, 0.3) is 0 Å². The van der Waals surface area contributed by atoms with Crippen LogP contribution in [0.3, 0.4) is 0 Å². The third kappa shape index (κ3) is 5.88. The quantitative estimate of drug-likeness (QED) is 0.524. The SMILES string of the molecule is COc1ccc(Cn2nnnc2SCc2cccc(OCC(F)(F)F)c2)cc1. The summed E-state index contributed by atoms with van der Waals surface area (Å²) < 4.78 is 48.4. The summed E-state index contributed by atoms with van der Waals surface area (Å²) in [5, 5.41) is 12.3. The fourth-order valence-corrected chi connectivity index (χ4v) is 3.16. The summed E-state index contributed by atoms with van der Waals surface area (Å²) in [5.41, 5.74) is 1.82. The maximum Gasteiger partial charge on any atom is 0.422 e. The van der Waals surface area contributed by atoms with E-state index >= 15 is 0 Å². The Bertz CT molecular complexity index is 900. The molecule has 0 fully saturated rings. The van der Waals surface area contributed by atoms with E-state index in [-0.39, 0.29) is 5.75 Å². The van der Waals surface area contributed by atoms with Crippen LogP contribution >= 0.6 is 11.8 Å². The first-order chi connectivity index (χ1) is 13.4. The molecule has 0 radical (unpaired) electrons. The zero-order valence-corrected chi connectivity index (χ0v) is 15.7. The van der Waals surface area contributed by atoms with Crippen molar-refractivity contribution < 1.29 is 22.6 Å². The van der Waals surface area contributed by atoms with Gasteiger partial charge in [0.15, 0.2) is 6.61 Å². The van der Waals surface area contributed by atoms with Crippen molar-refractivity contribution in [3.63, 3.8) is 0 Å². The van der Waals surface area contributed by atoms with E-state index in [4.69, 9.17) is 9.47 Å². The second-order valence-corrected chi connectivity index (χ2v) is 6.75. The molecule has 0 spiro atoms. The van der Waals surface area contributed by atoms with Crippen molar-refractivity contribution in [1.82, 2.24) is 20.2 Å². The molecule has 1 aromatic heterocycles. The molecule has 0 aliphatic rings. The van der Waals surface area contributed by atoms with Crippen molar-refractivity contribution >= 4 is 11.8 Å². The van der Waals surface area contributed by atoms with Crippen LogP contribution in [-0.4, -0.2) is 40.1 Å². The molecule has 2 aromatic carbocycles. The Morgan fingerprint density at radius 1 is 1.04 bits per heavy atom. The third-order valence-electron chi connectivity index (χ3n) is 3.66. The Balaban J connectivity index is 1.60. The van der Waals surface area contributed by atoms with Crippen LogP contribution in [0.2, 0.25) is 0 Å². The largest absolute Gasteiger partial charge is 0.497 e. The predicted octanol–water partition coefficient (Wildman–Crippen LogP) is 3.96. The van der Waals surface area contributed by atoms with E-state index in [0.717, 1.165) is 16.9 Å². The van der Waals surface area contributed by atoms with Gasteiger partial charge in [-0.2, -0.15) is 13.2 Å². The van der Waals surface area contributed by atoms with Gasteiger partial charge in [0.25, 0.3) is 0 Å². The Kier molecular flexibility index (Phi) is 6.40. The Labute approximate surface area is 163 Å². The van der Waals surface area contributed by atoms with Crippen LogP contribution in [0, 0.1) is 0 Å². The molecule has 10 heteroatoms. The van der Waals surface area contributed by atoms with Crippen molar-refractivity contribution in [3.05, 3.63) is 59.7 Å². The zero-order valence-electron chi connectivity index (χ0n) is 14.9. The van der Waals surface area contributed by atoms with E-state index < -0.39 is 12.8 Å². The summed E-state index contributed by atoms with van der Waals surface area (Å²) in [6.07, 6.45) is -4.37. The highest BCUT2D eigenvalue weighted by molar-refractivity contribution is 7.98. The molecule has 6 nitrogen and oxygen atoms in total. The molecule has 0 amide bonds. The normalized spacial score (nSPS) is 11.4. The van der Waals surface area contributed by atoms with Gasteiger partial charge in [-0.15, -0.1) is 5.10 Å². The minimum atomic E-state index is -4.37. The van der Waals surface area contributed by atoms with Crippen molar-refractivity contribution in [3.8, 4) is 11.5 Å². The maximum absolute atomic E-state index is 12.3. The number of alkyl halides is 3. The van der Waals surface area contributed by atoms with Gasteiger partial charge in [-0.1, -0.05) is 36.0 Å². The van der Waals surface area contributed by atoms with Gasteiger partial charge in [0, 0.05) is 5.75 Å². The van der Waals surface area contributed by atoms with E-state index in [1.165, 1.54) is 17.8 Å². The lowest BCUT2D eigenvalue weighted by atomic mass is 10.2. The number of aromatic nitrogens is 4. The molecule has 148 valence electrons. The molecule has 0 aliphatic carbocycles. The number of nitrogens with zero attached hydrogens (tertiary/aromatic N) is 4. The Morgan fingerprint density at radius 2 is 1.82 bits per heavy atom. The fraction of sp³-hybridized carbons (Fsp3) is 0.278. The molecule has 3 rings (SSSR count). The van der Waals surface area contributed by atoms with Gasteiger partial charge in [0.05, 0.1) is 13.7 Å². The molecule has 3 aromatic rings. The van der Waals surface area contributed by atoms with Crippen molar-refractivity contribution in [1.29, 1.82) is 0 Å². The highest BCUT2D eigenvalue weighted by Gasteiger charge is 2.28. The van der Waals surface area contributed by atoms with E-state index in [1.807, 2.05) is 30.3 Å². The molecule has 0 aliphatic heterocycles. The molecule has 0 saturated carbocycles. The third-order valence-corrected chi connectivity index (χ3v) is 4.69. The number of halogens is 3. The molecule has 1 heterocycles. The summed E-state index contributed by atoms with van der Waals surface area (Å²) in [4.78, 5) is 0. The molecule has 0 unspecified atom stereocenters. The van der Waals surface area contributed by atoms with Crippen LogP contribution in [0.5, 0.6) is 11.5 Å². The monoisotopic (exact) mass is 410 g/mol. The predicted molar refractivity (Wildman–Crippen MR) is 97.5 cm³/mol. The van der Waals surface area contributed by atoms with Gasteiger partial charge in [0.2, 0.25) is 5.16 Å². The number of benzene rings is 2. The number of methoxy groups -OCH3 is 1. The first kappa shape index (κ1) is 20.0. The first-order valence-corrected chi connectivity index (χ1v) is 9.22. The number of thioether (sulfide) groups is 1. The number of tetrazole rings is 1. The summed E-state index contributed by atoms with van der Waals surface area (Å²) in [6, 6.07) is 14.1. The first-order valence-electron chi connectivity index (χ1n) is 8.23. The molecule has 28 heavy (non-hydrogen) atoms. The second kappa shape index (κ2) is 8.96. The number of hydrogen-bond acceptors (Lipinski definition) is 6. The smallest absolute Gasteiger partial charge is 0.422 e. The zero-order chi connectivity index (χ0) is 20.0.